The molecule has 1 rings (SSSR count). The molecular weight excluding hydrogens is 238 g/mol. The quantitative estimate of drug-likeness (QED) is 0.581. The molecule has 1 aromatic rings. The first-order valence-electron chi connectivity index (χ1n) is 5.47. The Morgan fingerprint density at radius 1 is 1.53 bits per heavy atom. The third kappa shape index (κ3) is 5.11. The van der Waals surface area contributed by atoms with E-state index in [4.69, 9.17) is 16.3 Å². The number of hydrogen-bond acceptors (Lipinski definition) is 3. The molecule has 0 amide bonds. The Balaban J connectivity index is 2.60. The zero-order valence-corrected chi connectivity index (χ0v) is 10.7. The van der Waals surface area contributed by atoms with Gasteiger partial charge in [0.2, 0.25) is 0 Å². The largest absolute Gasteiger partial charge is 0.487 e. The first-order chi connectivity index (χ1) is 8.13. The number of nitrogens with one attached hydrogen (secondary N) is 1. The van der Waals surface area contributed by atoms with Gasteiger partial charge in [0.1, 0.15) is 12.4 Å². The number of hydrogen-bond donors (Lipinski definition) is 2. The van der Waals surface area contributed by atoms with E-state index in [9.17, 15) is 5.11 Å². The van der Waals surface area contributed by atoms with E-state index in [1.807, 2.05) is 31.2 Å². The summed E-state index contributed by atoms with van der Waals surface area (Å²) in [6.07, 6.45) is -0.564. The van der Waals surface area contributed by atoms with Crippen molar-refractivity contribution in [2.24, 2.45) is 0 Å². The second kappa shape index (κ2) is 7.20. The highest BCUT2D eigenvalue weighted by Gasteiger charge is 2.05. The van der Waals surface area contributed by atoms with Gasteiger partial charge in [-0.1, -0.05) is 18.7 Å². The van der Waals surface area contributed by atoms with Crippen LogP contribution in [-0.2, 0) is 0 Å². The van der Waals surface area contributed by atoms with Crippen LogP contribution >= 0.6 is 11.6 Å². The van der Waals surface area contributed by atoms with Gasteiger partial charge in [-0.3, -0.25) is 0 Å². The van der Waals surface area contributed by atoms with Gasteiger partial charge in [0.05, 0.1) is 17.7 Å². The SMILES string of the molecule is C=C(C)COc1ccccc1NCC(O)CCl. The van der Waals surface area contributed by atoms with Gasteiger partial charge in [-0.05, 0) is 24.6 Å². The molecule has 0 heterocycles. The first kappa shape index (κ1) is 13.9. The summed E-state index contributed by atoms with van der Waals surface area (Å²) in [7, 11) is 0. The van der Waals surface area contributed by atoms with Crippen molar-refractivity contribution >= 4 is 17.3 Å². The smallest absolute Gasteiger partial charge is 0.142 e. The molecule has 0 aliphatic rings. The highest BCUT2D eigenvalue weighted by atomic mass is 35.5. The zero-order chi connectivity index (χ0) is 12.7. The number of alkyl halides is 1. The highest BCUT2D eigenvalue weighted by Crippen LogP contribution is 2.23. The predicted molar refractivity (Wildman–Crippen MR) is 72.0 cm³/mol. The summed E-state index contributed by atoms with van der Waals surface area (Å²) in [5.74, 6) is 0.958. The lowest BCUT2D eigenvalue weighted by Crippen LogP contribution is -2.21. The number of benzene rings is 1. The summed E-state index contributed by atoms with van der Waals surface area (Å²) in [5.41, 5.74) is 1.80. The fourth-order valence-corrected chi connectivity index (χ4v) is 1.33. The summed E-state index contributed by atoms with van der Waals surface area (Å²) < 4.78 is 5.59. The van der Waals surface area contributed by atoms with E-state index in [0.29, 0.717) is 13.2 Å². The van der Waals surface area contributed by atoms with Crippen LogP contribution in [0, 0.1) is 0 Å². The lowest BCUT2D eigenvalue weighted by molar-refractivity contribution is 0.211. The predicted octanol–water partition coefficient (Wildman–Crippen LogP) is 2.65. The van der Waals surface area contributed by atoms with Crippen molar-refractivity contribution < 1.29 is 9.84 Å². The maximum atomic E-state index is 9.38. The normalized spacial score (nSPS) is 11.9. The number of aliphatic hydroxyl groups is 1. The number of anilines is 1. The first-order valence-corrected chi connectivity index (χ1v) is 6.01. The van der Waals surface area contributed by atoms with Crippen LogP contribution in [0.15, 0.2) is 36.4 Å². The minimum Gasteiger partial charge on any atom is -0.487 e. The lowest BCUT2D eigenvalue weighted by atomic mass is 10.2. The van der Waals surface area contributed by atoms with Gasteiger partial charge in [-0.15, -0.1) is 11.6 Å². The molecule has 0 saturated carbocycles. The van der Waals surface area contributed by atoms with Crippen molar-refractivity contribution in [3.05, 3.63) is 36.4 Å². The number of rotatable bonds is 7. The summed E-state index contributed by atoms with van der Waals surface area (Å²) >= 11 is 5.53. The number of halogens is 1. The topological polar surface area (TPSA) is 41.5 Å². The molecule has 1 atom stereocenters. The van der Waals surface area contributed by atoms with E-state index in [0.717, 1.165) is 17.0 Å². The van der Waals surface area contributed by atoms with Crippen LogP contribution in [0.4, 0.5) is 5.69 Å². The molecule has 3 nitrogen and oxygen atoms in total. The molecule has 17 heavy (non-hydrogen) atoms. The van der Waals surface area contributed by atoms with Gasteiger partial charge >= 0.3 is 0 Å². The molecule has 0 aromatic heterocycles. The second-order valence-electron chi connectivity index (χ2n) is 3.93. The standard InChI is InChI=1S/C13H18ClNO2/c1-10(2)9-17-13-6-4-3-5-12(13)15-8-11(16)7-14/h3-6,11,15-16H,1,7-9H2,2H3. The van der Waals surface area contributed by atoms with E-state index in [-0.39, 0.29) is 5.88 Å². The molecule has 0 fully saturated rings. The third-order valence-electron chi connectivity index (χ3n) is 2.07. The van der Waals surface area contributed by atoms with Gasteiger partial charge < -0.3 is 15.2 Å². The van der Waals surface area contributed by atoms with Gasteiger partial charge in [0.15, 0.2) is 0 Å². The molecule has 1 aromatic carbocycles. The Kier molecular flexibility index (Phi) is 5.87. The second-order valence-corrected chi connectivity index (χ2v) is 4.24. The summed E-state index contributed by atoms with van der Waals surface area (Å²) in [6.45, 7) is 6.58. The molecule has 0 spiro atoms. The molecule has 1 unspecified atom stereocenters. The maximum absolute atomic E-state index is 9.38. The average molecular weight is 256 g/mol. The molecule has 0 bridgehead atoms. The molecule has 0 aliphatic carbocycles. The van der Waals surface area contributed by atoms with Crippen molar-refractivity contribution in [2.45, 2.75) is 13.0 Å². The van der Waals surface area contributed by atoms with Gasteiger partial charge in [-0.25, -0.2) is 0 Å². The molecule has 0 saturated heterocycles. The molecular formula is C13H18ClNO2. The fourth-order valence-electron chi connectivity index (χ4n) is 1.22. The number of para-hydroxylation sites is 2. The minimum absolute atomic E-state index is 0.210. The zero-order valence-electron chi connectivity index (χ0n) is 9.95. The third-order valence-corrected chi connectivity index (χ3v) is 2.42. The number of aliphatic hydroxyl groups excluding tert-OH is 1. The van der Waals surface area contributed by atoms with Crippen LogP contribution in [0.3, 0.4) is 0 Å². The van der Waals surface area contributed by atoms with Crippen LogP contribution in [0.2, 0.25) is 0 Å². The van der Waals surface area contributed by atoms with E-state index < -0.39 is 6.10 Å². The van der Waals surface area contributed by atoms with Crippen LogP contribution in [0.5, 0.6) is 5.75 Å². The molecule has 0 radical (unpaired) electrons. The van der Waals surface area contributed by atoms with Crippen molar-refractivity contribution in [1.29, 1.82) is 0 Å². The maximum Gasteiger partial charge on any atom is 0.142 e. The molecule has 94 valence electrons. The van der Waals surface area contributed by atoms with Crippen LogP contribution < -0.4 is 10.1 Å². The van der Waals surface area contributed by atoms with Crippen molar-refractivity contribution in [2.75, 3.05) is 24.3 Å². The Morgan fingerprint density at radius 2 is 2.24 bits per heavy atom. The van der Waals surface area contributed by atoms with Crippen molar-refractivity contribution in [3.63, 3.8) is 0 Å². The highest BCUT2D eigenvalue weighted by molar-refractivity contribution is 6.18. The van der Waals surface area contributed by atoms with Gasteiger partial charge in [0, 0.05) is 6.54 Å². The van der Waals surface area contributed by atoms with E-state index >= 15 is 0 Å². The minimum atomic E-state index is -0.564. The number of ether oxygens (including phenoxy) is 1. The van der Waals surface area contributed by atoms with E-state index in [1.54, 1.807) is 0 Å². The Labute approximate surface area is 107 Å². The Bertz CT molecular complexity index is 368. The average Bonchev–Trinajstić information content (AvgIpc) is 2.34. The molecule has 2 N–H and O–H groups in total. The van der Waals surface area contributed by atoms with Gasteiger partial charge in [0.25, 0.3) is 0 Å². The van der Waals surface area contributed by atoms with Gasteiger partial charge in [-0.2, -0.15) is 0 Å². The monoisotopic (exact) mass is 255 g/mol. The van der Waals surface area contributed by atoms with E-state index in [2.05, 4.69) is 11.9 Å². The Hall–Kier alpha value is -1.19. The van der Waals surface area contributed by atoms with Crippen molar-refractivity contribution in [3.8, 4) is 5.75 Å². The lowest BCUT2D eigenvalue weighted by Gasteiger charge is -2.14. The van der Waals surface area contributed by atoms with Crippen LogP contribution in [-0.4, -0.2) is 30.2 Å². The summed E-state index contributed by atoms with van der Waals surface area (Å²) in [4.78, 5) is 0. The Morgan fingerprint density at radius 3 is 2.88 bits per heavy atom. The van der Waals surface area contributed by atoms with Crippen LogP contribution in [0.25, 0.3) is 0 Å². The fraction of sp³-hybridized carbons (Fsp3) is 0.385. The van der Waals surface area contributed by atoms with E-state index in [1.165, 1.54) is 0 Å². The summed E-state index contributed by atoms with van der Waals surface area (Å²) in [6, 6.07) is 7.58. The van der Waals surface area contributed by atoms with Crippen molar-refractivity contribution in [1.82, 2.24) is 0 Å². The van der Waals surface area contributed by atoms with Crippen LogP contribution in [0.1, 0.15) is 6.92 Å². The molecule has 4 heteroatoms. The summed E-state index contributed by atoms with van der Waals surface area (Å²) in [5, 5.41) is 12.5. The molecule has 0 aliphatic heterocycles.